The third kappa shape index (κ3) is 5.63. The van der Waals surface area contributed by atoms with Gasteiger partial charge in [-0.3, -0.25) is 4.79 Å². The van der Waals surface area contributed by atoms with Gasteiger partial charge in [-0.05, 0) is 50.5 Å². The van der Waals surface area contributed by atoms with Crippen molar-refractivity contribution in [2.75, 3.05) is 19.6 Å². The predicted octanol–water partition coefficient (Wildman–Crippen LogP) is 2.67. The first kappa shape index (κ1) is 21.9. The quantitative estimate of drug-likeness (QED) is 0.352. The Kier molecular flexibility index (Phi) is 7.15. The number of carbonyl (C=O) groups excluding carboxylic acids is 1. The number of hydrogen-bond donors (Lipinski definition) is 3. The number of aliphatic hydroxyl groups is 1. The normalized spacial score (nSPS) is 15.6. The van der Waals surface area contributed by atoms with Crippen LogP contribution in [0.3, 0.4) is 0 Å². The smallest absolute Gasteiger partial charge is 0.223 e. The molecule has 7 nitrogen and oxygen atoms in total. The van der Waals surface area contributed by atoms with Crippen LogP contribution in [0.5, 0.6) is 0 Å². The Morgan fingerprint density at radius 1 is 1.20 bits per heavy atom. The number of carbonyl (C=O) groups is 1. The Bertz CT molecular complexity index is 863. The van der Waals surface area contributed by atoms with Crippen molar-refractivity contribution in [2.24, 2.45) is 4.99 Å². The molecule has 0 fully saturated rings. The number of nitrogens with zero attached hydrogens (tertiary/aromatic N) is 2. The lowest BCUT2D eigenvalue weighted by Crippen LogP contribution is -2.39. The zero-order valence-electron chi connectivity index (χ0n) is 18.1. The van der Waals surface area contributed by atoms with Crippen molar-refractivity contribution in [3.8, 4) is 0 Å². The Morgan fingerprint density at radius 2 is 1.90 bits per heavy atom. The number of nitrogens with one attached hydrogen (secondary N) is 2. The molecule has 1 aliphatic heterocycles. The molecule has 0 aliphatic carbocycles. The van der Waals surface area contributed by atoms with E-state index in [-0.39, 0.29) is 12.5 Å². The number of hydrogen-bond acceptors (Lipinski definition) is 4. The van der Waals surface area contributed by atoms with Gasteiger partial charge >= 0.3 is 0 Å². The number of aryl methyl sites for hydroxylation is 1. The number of aliphatic imine (C=N–C) groups is 1. The Hall–Kier alpha value is -2.80. The average molecular weight is 413 g/mol. The van der Waals surface area contributed by atoms with Crippen LogP contribution in [0.15, 0.2) is 45.8 Å². The highest BCUT2D eigenvalue weighted by atomic mass is 16.4. The molecule has 1 amide bonds. The summed E-state index contributed by atoms with van der Waals surface area (Å²) < 4.78 is 5.54. The van der Waals surface area contributed by atoms with Gasteiger partial charge in [-0.1, -0.05) is 24.3 Å². The highest BCUT2D eigenvalue weighted by molar-refractivity contribution is 5.80. The topological polar surface area (TPSA) is 90.1 Å². The molecule has 0 saturated carbocycles. The minimum atomic E-state index is -1.18. The molecule has 0 bridgehead atoms. The number of fused-ring (bicyclic) bond motifs is 1. The lowest BCUT2D eigenvalue weighted by Gasteiger charge is -2.20. The van der Waals surface area contributed by atoms with E-state index in [0.29, 0.717) is 50.7 Å². The van der Waals surface area contributed by atoms with Crippen molar-refractivity contribution in [3.63, 3.8) is 0 Å². The maximum atomic E-state index is 12.5. The highest BCUT2D eigenvalue weighted by Crippen LogP contribution is 2.24. The number of furan rings is 1. The van der Waals surface area contributed by atoms with Gasteiger partial charge in [0.05, 0.1) is 6.54 Å². The maximum absolute atomic E-state index is 12.5. The van der Waals surface area contributed by atoms with Crippen molar-refractivity contribution >= 4 is 11.9 Å². The molecule has 3 rings (SSSR count). The van der Waals surface area contributed by atoms with Crippen molar-refractivity contribution in [1.29, 1.82) is 0 Å². The standard InChI is InChI=1S/C23H32N4O3/c1-4-24-22(26-16-23(3,29)20-12-11-17(2)30-20)25-13-7-10-21(28)27-14-18-8-5-6-9-19(18)15-27/h5-6,8-9,11-12,29H,4,7,10,13-16H2,1-3H3,(H2,24,25,26). The van der Waals surface area contributed by atoms with E-state index >= 15 is 0 Å². The van der Waals surface area contributed by atoms with E-state index in [2.05, 4.69) is 27.8 Å². The zero-order chi connectivity index (χ0) is 21.6. The summed E-state index contributed by atoms with van der Waals surface area (Å²) in [6.07, 6.45) is 1.20. The first-order valence-electron chi connectivity index (χ1n) is 10.5. The third-order valence-corrected chi connectivity index (χ3v) is 5.21. The monoisotopic (exact) mass is 412 g/mol. The van der Waals surface area contributed by atoms with E-state index in [9.17, 15) is 9.90 Å². The Morgan fingerprint density at radius 3 is 2.50 bits per heavy atom. The van der Waals surface area contributed by atoms with Crippen LogP contribution in [0.2, 0.25) is 0 Å². The molecule has 0 radical (unpaired) electrons. The second kappa shape index (κ2) is 9.80. The van der Waals surface area contributed by atoms with Crippen molar-refractivity contribution < 1.29 is 14.3 Å². The molecule has 30 heavy (non-hydrogen) atoms. The van der Waals surface area contributed by atoms with Crippen molar-refractivity contribution in [2.45, 2.75) is 52.3 Å². The van der Waals surface area contributed by atoms with Crippen LogP contribution in [-0.2, 0) is 23.5 Å². The van der Waals surface area contributed by atoms with Crippen LogP contribution in [-0.4, -0.2) is 41.5 Å². The largest absolute Gasteiger partial charge is 0.463 e. The molecule has 7 heteroatoms. The molecule has 3 N–H and O–H groups in total. The van der Waals surface area contributed by atoms with Gasteiger partial charge in [-0.25, -0.2) is 4.99 Å². The second-order valence-corrected chi connectivity index (χ2v) is 7.93. The van der Waals surface area contributed by atoms with Gasteiger partial charge in [0.2, 0.25) is 5.91 Å². The van der Waals surface area contributed by atoms with Gasteiger partial charge < -0.3 is 25.1 Å². The van der Waals surface area contributed by atoms with Crippen molar-refractivity contribution in [3.05, 3.63) is 59.0 Å². The summed E-state index contributed by atoms with van der Waals surface area (Å²) >= 11 is 0. The Labute approximate surface area is 178 Å². The molecular formula is C23H32N4O3. The molecule has 0 spiro atoms. The lowest BCUT2D eigenvalue weighted by molar-refractivity contribution is -0.131. The molecule has 1 aromatic heterocycles. The van der Waals surface area contributed by atoms with E-state index in [1.165, 1.54) is 11.1 Å². The summed E-state index contributed by atoms with van der Waals surface area (Å²) in [5, 5.41) is 17.1. The van der Waals surface area contributed by atoms with Gasteiger partial charge in [0, 0.05) is 32.6 Å². The molecule has 2 aromatic rings. The fraction of sp³-hybridized carbons (Fsp3) is 0.478. The summed E-state index contributed by atoms with van der Waals surface area (Å²) in [6, 6.07) is 11.8. The van der Waals surface area contributed by atoms with Gasteiger partial charge in [-0.15, -0.1) is 0 Å². The zero-order valence-corrected chi connectivity index (χ0v) is 18.1. The molecule has 1 aliphatic rings. The first-order valence-corrected chi connectivity index (χ1v) is 10.5. The highest BCUT2D eigenvalue weighted by Gasteiger charge is 2.27. The van der Waals surface area contributed by atoms with E-state index < -0.39 is 5.60 Å². The SMILES string of the molecule is CCNC(=NCC(C)(O)c1ccc(C)o1)NCCCC(=O)N1Cc2ccccc2C1. The van der Waals surface area contributed by atoms with Crippen LogP contribution in [0.25, 0.3) is 0 Å². The van der Waals surface area contributed by atoms with Gasteiger partial charge in [-0.2, -0.15) is 0 Å². The maximum Gasteiger partial charge on any atom is 0.223 e. The van der Waals surface area contributed by atoms with Gasteiger partial charge in [0.15, 0.2) is 5.96 Å². The molecule has 1 atom stereocenters. The minimum absolute atomic E-state index is 0.167. The summed E-state index contributed by atoms with van der Waals surface area (Å²) in [7, 11) is 0. The number of guanidine groups is 1. The van der Waals surface area contributed by atoms with Crippen molar-refractivity contribution in [1.82, 2.24) is 15.5 Å². The molecule has 0 saturated heterocycles. The van der Waals surface area contributed by atoms with E-state index in [1.807, 2.05) is 36.9 Å². The van der Waals surface area contributed by atoms with Crippen LogP contribution >= 0.6 is 0 Å². The van der Waals surface area contributed by atoms with E-state index in [1.54, 1.807) is 13.0 Å². The molecule has 2 heterocycles. The fourth-order valence-corrected chi connectivity index (χ4v) is 3.49. The minimum Gasteiger partial charge on any atom is -0.463 e. The van der Waals surface area contributed by atoms with E-state index in [0.717, 1.165) is 5.76 Å². The average Bonchev–Trinajstić information content (AvgIpc) is 3.35. The van der Waals surface area contributed by atoms with Crippen LogP contribution in [0.4, 0.5) is 0 Å². The molecular weight excluding hydrogens is 380 g/mol. The lowest BCUT2D eigenvalue weighted by atomic mass is 10.0. The first-order chi connectivity index (χ1) is 14.4. The number of amides is 1. The molecule has 162 valence electrons. The molecule has 1 aromatic carbocycles. The number of rotatable bonds is 8. The molecule has 1 unspecified atom stereocenters. The third-order valence-electron chi connectivity index (χ3n) is 5.21. The summed E-state index contributed by atoms with van der Waals surface area (Å²) in [4.78, 5) is 18.9. The number of benzene rings is 1. The Balaban J connectivity index is 1.44. The van der Waals surface area contributed by atoms with Gasteiger partial charge in [0.25, 0.3) is 0 Å². The summed E-state index contributed by atoms with van der Waals surface area (Å²) in [5.41, 5.74) is 1.30. The van der Waals surface area contributed by atoms with Crippen LogP contribution in [0.1, 0.15) is 49.3 Å². The van der Waals surface area contributed by atoms with Crippen LogP contribution in [0, 0.1) is 6.92 Å². The van der Waals surface area contributed by atoms with Crippen LogP contribution < -0.4 is 10.6 Å². The fourth-order valence-electron chi connectivity index (χ4n) is 3.49. The summed E-state index contributed by atoms with van der Waals surface area (Å²) in [5.74, 6) is 2.04. The summed E-state index contributed by atoms with van der Waals surface area (Å²) in [6.45, 7) is 8.42. The van der Waals surface area contributed by atoms with E-state index in [4.69, 9.17) is 4.42 Å². The second-order valence-electron chi connectivity index (χ2n) is 7.93. The van der Waals surface area contributed by atoms with Gasteiger partial charge in [0.1, 0.15) is 17.1 Å². The predicted molar refractivity (Wildman–Crippen MR) is 117 cm³/mol.